The second-order valence-corrected chi connectivity index (χ2v) is 39.3. The highest BCUT2D eigenvalue weighted by atomic mass is 32.2. The van der Waals surface area contributed by atoms with Crippen LogP contribution in [-0.2, 0) is 68.2 Å². The number of carbonyl (C=O) groups excluding carboxylic acids is 1. The highest BCUT2D eigenvalue weighted by Gasteiger charge is 2.28. The van der Waals surface area contributed by atoms with E-state index in [-0.39, 0.29) is 161 Å². The second kappa shape index (κ2) is 45.9. The number of hydrogen-bond acceptors (Lipinski definition) is 39. The van der Waals surface area contributed by atoms with Gasteiger partial charge >= 0.3 is 0 Å². The van der Waals surface area contributed by atoms with Crippen LogP contribution in [0.4, 0.5) is 132 Å². The summed E-state index contributed by atoms with van der Waals surface area (Å²) in [5.41, 5.74) is 8.17. The first-order chi connectivity index (χ1) is 69.4. The Labute approximate surface area is 830 Å². The fourth-order valence-electron chi connectivity index (χ4n) is 13.9. The van der Waals surface area contributed by atoms with Crippen molar-refractivity contribution in [2.24, 2.45) is 81.8 Å². The minimum Gasteiger partial charge on any atom is -0.493 e. The number of hydrogen-bond donors (Lipinski definition) is 8. The highest BCUT2D eigenvalue weighted by Crippen LogP contribution is 2.42. The fourth-order valence-corrected chi connectivity index (χ4v) is 16.6. The minimum atomic E-state index is -4.88. The lowest BCUT2D eigenvalue weighted by atomic mass is 10.1. The Balaban J connectivity index is 0.751. The molecule has 50 heteroatoms. The molecule has 740 valence electrons. The number of benzene rings is 12. The summed E-state index contributed by atoms with van der Waals surface area (Å²) in [5.74, 6) is 0.188. The van der Waals surface area contributed by atoms with Gasteiger partial charge in [0.1, 0.15) is 50.0 Å². The van der Waals surface area contributed by atoms with Crippen LogP contribution in [0, 0.1) is 20.8 Å². The van der Waals surface area contributed by atoms with E-state index in [2.05, 4.69) is 97.8 Å². The quantitative estimate of drug-likeness (QED) is 0.0101. The molecule has 0 spiro atoms. The third-order valence-electron chi connectivity index (χ3n) is 21.0. The lowest BCUT2D eigenvalue weighted by Gasteiger charge is -2.35. The predicted octanol–water partition coefficient (Wildman–Crippen LogP) is 23.7. The van der Waals surface area contributed by atoms with Crippen LogP contribution in [0.25, 0.3) is 0 Å². The molecule has 45 nitrogen and oxygen atoms in total. The summed E-state index contributed by atoms with van der Waals surface area (Å²) in [5, 5.41) is 78.2. The number of nitrogens with one attached hydrogen (secondary N) is 3. The Morgan fingerprint density at radius 3 is 1.20 bits per heavy atom. The van der Waals surface area contributed by atoms with E-state index in [1.54, 1.807) is 166 Å². The van der Waals surface area contributed by atoms with Crippen LogP contribution in [0.1, 0.15) is 66.2 Å². The average Bonchev–Trinajstić information content (AvgIpc) is 0.788. The SMILES string of the molecule is CCCOc1cc(N=Nc2ccc(N=Nc3ccccc3)cc2S(=O)(=O)O)c(C)cc1Nc1nc(Nc2ccc(N=Nc3ccc(N=Nc4ccc(S(=O)(=O)O)cc4)cc3)c(C)c2)nc(N2CCN(c3nc(Cc4ccc(N=Nc5ccc(N=Nc6ccccc6)cc5S(=O)(=O)O)c(C)c4)nc(Cc4cc(NC(C)=O)c(N=Nc5ccc(N=Nc6ccc(S(=O)(=O)O)cc6)cc5)cc4OCCCS(=O)(=O)O)n3)CC2)n1. The molecule has 14 aromatic rings. The minimum absolute atomic E-state index is 0.0368. The van der Waals surface area contributed by atoms with Crippen molar-refractivity contribution in [3.8, 4) is 11.5 Å². The third-order valence-corrected chi connectivity index (χ3v) is 25.3. The first kappa shape index (κ1) is 103. The topological polar surface area (TPSA) is 625 Å². The van der Waals surface area contributed by atoms with E-state index in [0.29, 0.717) is 96.8 Å². The van der Waals surface area contributed by atoms with E-state index in [1.807, 2.05) is 35.8 Å². The van der Waals surface area contributed by atoms with E-state index in [9.17, 15) is 69.6 Å². The summed E-state index contributed by atoms with van der Waals surface area (Å²) in [7, 11) is -23.0. The van der Waals surface area contributed by atoms with Crippen LogP contribution in [0.2, 0.25) is 0 Å². The molecule has 1 aliphatic heterocycles. The zero-order valence-electron chi connectivity index (χ0n) is 77.3. The summed E-state index contributed by atoms with van der Waals surface area (Å²) in [4.78, 5) is 45.5. The van der Waals surface area contributed by atoms with E-state index in [0.717, 1.165) is 12.1 Å². The van der Waals surface area contributed by atoms with Gasteiger partial charge in [0, 0.05) is 69.3 Å². The average molecular weight is 2060 g/mol. The molecule has 1 amide bonds. The van der Waals surface area contributed by atoms with Crippen molar-refractivity contribution < 1.29 is 79.1 Å². The number of piperazine rings is 1. The standard InChI is InChI=1S/C95H87N27O18S5/c1-6-46-139-87-57-82(119-118-81-41-33-75(56-89(81)145(136,137)138)114-106-66-16-11-8-12-17-66)61(4)51-85(87)98-93-102-92(97-73-31-39-79(60(3)50-73)115-111-69-23-19-67(20-24-69)107-109-71-27-34-76(35-28-71)142(127,128)129)103-95(104-93)122-44-42-121(43-45-122)94-100-90(52-63-18-38-78(59(2)49-63)116-117-80-40-32-74(55-88(80)144(133,134)135)113-105-65-14-9-7-10-15-65)99-91(101-94)54-64-53-83(96-62(5)123)84(58-86(64)140-47-13-48-141(124,125)126)120-112-70-25-21-68(22-26-70)108-110-72-29-36-77(37-30-72)143(130,131)132/h7-12,14-41,49-51,53,55-58H,6,13,42-48,52,54H2,1-5H3,(H,96,123)(H,124,125,126)(H,127,128,129)(H,130,131,132)(H,133,134,135)(H,136,137,138)(H2,97,98,102,103,104). The number of anilines is 7. The Hall–Kier alpha value is -16.7. The normalized spacial score (nSPS) is 13.0. The zero-order chi connectivity index (χ0) is 103. The van der Waals surface area contributed by atoms with Crippen molar-refractivity contribution in [1.82, 2.24) is 29.9 Å². The lowest BCUT2D eigenvalue weighted by molar-refractivity contribution is -0.114. The summed E-state index contributed by atoms with van der Waals surface area (Å²) >= 11 is 0. The maximum atomic E-state index is 13.2. The van der Waals surface area contributed by atoms with Crippen LogP contribution in [0.3, 0.4) is 0 Å². The van der Waals surface area contributed by atoms with Gasteiger partial charge in [-0.1, -0.05) is 55.5 Å². The van der Waals surface area contributed by atoms with Crippen LogP contribution in [-0.4, -0.2) is 146 Å². The van der Waals surface area contributed by atoms with E-state index >= 15 is 0 Å². The molecule has 0 radical (unpaired) electrons. The Bertz CT molecular complexity index is 8070. The van der Waals surface area contributed by atoms with Crippen molar-refractivity contribution in [3.63, 3.8) is 0 Å². The van der Waals surface area contributed by atoms with Crippen molar-refractivity contribution in [2.45, 2.75) is 79.9 Å². The molecule has 1 fully saturated rings. The molecule has 0 aliphatic carbocycles. The van der Waals surface area contributed by atoms with Crippen molar-refractivity contribution in [1.29, 1.82) is 0 Å². The van der Waals surface area contributed by atoms with E-state index in [1.165, 1.54) is 85.8 Å². The van der Waals surface area contributed by atoms with Crippen LogP contribution >= 0.6 is 0 Å². The van der Waals surface area contributed by atoms with Crippen LogP contribution < -0.4 is 35.2 Å². The van der Waals surface area contributed by atoms with Gasteiger partial charge in [-0.05, 0) is 250 Å². The molecule has 0 saturated carbocycles. The predicted molar refractivity (Wildman–Crippen MR) is 537 cm³/mol. The number of rotatable bonds is 39. The maximum absolute atomic E-state index is 13.2. The third kappa shape index (κ3) is 29.3. The Morgan fingerprint density at radius 1 is 0.352 bits per heavy atom. The van der Waals surface area contributed by atoms with Gasteiger partial charge in [0.05, 0.1) is 114 Å². The molecule has 8 N–H and O–H groups in total. The van der Waals surface area contributed by atoms with Crippen molar-refractivity contribution in [3.05, 3.63) is 294 Å². The van der Waals surface area contributed by atoms with Gasteiger partial charge in [0.25, 0.3) is 50.6 Å². The molecule has 0 atom stereocenters. The van der Waals surface area contributed by atoms with Gasteiger partial charge in [-0.2, -0.15) is 133 Å². The van der Waals surface area contributed by atoms with Crippen molar-refractivity contribution in [2.75, 3.05) is 70.9 Å². The van der Waals surface area contributed by atoms with Gasteiger partial charge in [0.15, 0.2) is 0 Å². The summed E-state index contributed by atoms with van der Waals surface area (Å²) in [6.07, 6.45) is 0.318. The molecule has 0 unspecified atom stereocenters. The number of nitrogens with zero attached hydrogens (tertiary/aromatic N) is 24. The molecule has 12 aromatic carbocycles. The summed E-state index contributed by atoms with van der Waals surface area (Å²) < 4.78 is 184. The first-order valence-corrected chi connectivity index (χ1v) is 51.3. The van der Waals surface area contributed by atoms with Crippen LogP contribution in [0.5, 0.6) is 11.5 Å². The Kier molecular flexibility index (Phi) is 32.5. The zero-order valence-corrected chi connectivity index (χ0v) is 81.4. The monoisotopic (exact) mass is 2050 g/mol. The van der Waals surface area contributed by atoms with Crippen LogP contribution in [0.15, 0.2) is 356 Å². The van der Waals surface area contributed by atoms with Gasteiger partial charge in [-0.3, -0.25) is 27.6 Å². The Morgan fingerprint density at radius 2 is 0.738 bits per heavy atom. The highest BCUT2D eigenvalue weighted by molar-refractivity contribution is 7.87. The van der Waals surface area contributed by atoms with Gasteiger partial charge < -0.3 is 35.2 Å². The van der Waals surface area contributed by atoms with E-state index in [4.69, 9.17) is 39.4 Å². The molecule has 3 heterocycles. The first-order valence-electron chi connectivity index (χ1n) is 43.9. The smallest absolute Gasteiger partial charge is 0.296 e. The molecule has 1 aliphatic rings. The molecule has 145 heavy (non-hydrogen) atoms. The maximum Gasteiger partial charge on any atom is 0.296 e. The molecule has 0 bridgehead atoms. The molecule has 15 rings (SSSR count). The largest absolute Gasteiger partial charge is 0.493 e. The fraction of sp³-hybridized carbons (Fsp3) is 0.168. The number of amides is 1. The van der Waals surface area contributed by atoms with Crippen molar-refractivity contribution >= 4 is 188 Å². The summed E-state index contributed by atoms with van der Waals surface area (Å²) in [6.45, 7) is 9.40. The van der Waals surface area contributed by atoms with Gasteiger partial charge in [0.2, 0.25) is 29.7 Å². The number of ether oxygens (including phenoxy) is 2. The van der Waals surface area contributed by atoms with Gasteiger partial charge in [-0.15, -0.1) is 15.3 Å². The van der Waals surface area contributed by atoms with Gasteiger partial charge in [-0.25, -0.2) is 4.98 Å². The second-order valence-electron chi connectivity index (χ2n) is 32.1. The number of azo groups is 8. The number of aromatic nitrogens is 6. The van der Waals surface area contributed by atoms with E-state index < -0.39 is 72.0 Å². The number of carbonyl (C=O) groups is 1. The lowest BCUT2D eigenvalue weighted by Crippen LogP contribution is -2.48. The molecule has 2 aromatic heterocycles. The summed E-state index contributed by atoms with van der Waals surface area (Å²) in [6, 6.07) is 65.6. The molecular weight excluding hydrogens is 1970 g/mol. The molecular formula is C95H87N27O18S5. The molecule has 1 saturated heterocycles. The number of aryl methyl sites for hydroxylation is 3.